The second kappa shape index (κ2) is 13.4. The highest BCUT2D eigenvalue weighted by atomic mass is 16.3. The molecule has 256 valence electrons. The van der Waals surface area contributed by atoms with Crippen LogP contribution in [0.5, 0.6) is 0 Å². The van der Waals surface area contributed by atoms with Crippen LogP contribution in [-0.2, 0) is 0 Å². The topological polar surface area (TPSA) is 53.1 Å². The fourth-order valence-corrected chi connectivity index (χ4v) is 7.52. The first-order valence-electron chi connectivity index (χ1n) is 18.2. The summed E-state index contributed by atoms with van der Waals surface area (Å²) in [6.45, 7) is 0. The normalized spacial score (nSPS) is 14.1. The minimum absolute atomic E-state index is 0.275. The third kappa shape index (κ3) is 5.69. The molecule has 0 aliphatic carbocycles. The molecule has 8 aromatic carbocycles. The molecule has 0 amide bonds. The number of hydrogen-bond donors (Lipinski definition) is 1. The first-order chi connectivity index (χ1) is 26.8. The molecular formula is C49H34N4O. The summed E-state index contributed by atoms with van der Waals surface area (Å²) in [7, 11) is 0. The summed E-state index contributed by atoms with van der Waals surface area (Å²) in [5, 5.41) is 8.00. The zero-order chi connectivity index (χ0) is 35.8. The van der Waals surface area contributed by atoms with E-state index in [1.807, 2.05) is 48.5 Å². The Morgan fingerprint density at radius 3 is 1.87 bits per heavy atom. The molecule has 0 saturated carbocycles. The highest BCUT2D eigenvalue weighted by Crippen LogP contribution is 2.44. The van der Waals surface area contributed by atoms with E-state index in [-0.39, 0.29) is 6.17 Å². The standard InChI is InChI=1S/C49H34N4O/c1-5-16-33(17-6-1)47-50-48(34-18-7-2-8-19-34)52-49(51-47)37-22-15-21-35(30-37)43-31-36-20-13-14-27-41(36)46-45(43)42-29-28-40(32-44(42)54-46)53(38-23-9-3-10-24-38)39-25-11-4-12-26-39/h1-32,47H,(H,50,51,52). The van der Waals surface area contributed by atoms with E-state index in [9.17, 15) is 0 Å². The Bertz CT molecular complexity index is 2810. The van der Waals surface area contributed by atoms with Crippen LogP contribution in [0.25, 0.3) is 43.8 Å². The van der Waals surface area contributed by atoms with Gasteiger partial charge in [-0.1, -0.05) is 140 Å². The van der Waals surface area contributed by atoms with E-state index in [1.54, 1.807) is 0 Å². The third-order valence-corrected chi connectivity index (χ3v) is 10.1. The van der Waals surface area contributed by atoms with Crippen LogP contribution in [0.3, 0.4) is 0 Å². The van der Waals surface area contributed by atoms with Gasteiger partial charge in [0.15, 0.2) is 5.84 Å². The van der Waals surface area contributed by atoms with E-state index < -0.39 is 0 Å². The second-order valence-corrected chi connectivity index (χ2v) is 13.5. The Balaban J connectivity index is 1.12. The molecule has 0 saturated heterocycles. The van der Waals surface area contributed by atoms with Crippen LogP contribution in [0, 0.1) is 0 Å². The van der Waals surface area contributed by atoms with Gasteiger partial charge in [-0.15, -0.1) is 0 Å². The van der Waals surface area contributed by atoms with E-state index in [0.717, 1.165) is 83.4 Å². The summed E-state index contributed by atoms with van der Waals surface area (Å²) in [5.41, 5.74) is 10.1. The van der Waals surface area contributed by atoms with Crippen LogP contribution in [0.2, 0.25) is 0 Å². The summed E-state index contributed by atoms with van der Waals surface area (Å²) in [5.74, 6) is 1.48. The molecular weight excluding hydrogens is 661 g/mol. The molecule has 9 aromatic rings. The van der Waals surface area contributed by atoms with Crippen LogP contribution in [0.4, 0.5) is 17.1 Å². The van der Waals surface area contributed by atoms with Crippen molar-refractivity contribution in [3.8, 4) is 11.1 Å². The molecule has 2 heterocycles. The molecule has 54 heavy (non-hydrogen) atoms. The van der Waals surface area contributed by atoms with Crippen molar-refractivity contribution in [2.75, 3.05) is 4.90 Å². The van der Waals surface area contributed by atoms with Gasteiger partial charge in [-0.2, -0.15) is 0 Å². The molecule has 1 aliphatic rings. The van der Waals surface area contributed by atoms with Crippen molar-refractivity contribution in [3.63, 3.8) is 0 Å². The molecule has 0 spiro atoms. The fraction of sp³-hybridized carbons (Fsp3) is 0.0204. The molecule has 1 N–H and O–H groups in total. The van der Waals surface area contributed by atoms with Gasteiger partial charge >= 0.3 is 0 Å². The summed E-state index contributed by atoms with van der Waals surface area (Å²) in [6, 6.07) is 67.4. The van der Waals surface area contributed by atoms with E-state index >= 15 is 0 Å². The van der Waals surface area contributed by atoms with Gasteiger partial charge in [-0.05, 0) is 70.6 Å². The zero-order valence-electron chi connectivity index (χ0n) is 29.3. The Labute approximate surface area is 313 Å². The quantitative estimate of drug-likeness (QED) is 0.181. The lowest BCUT2D eigenvalue weighted by Crippen LogP contribution is -2.33. The largest absolute Gasteiger partial charge is 0.455 e. The Morgan fingerprint density at radius 1 is 0.500 bits per heavy atom. The SMILES string of the molecule is c1ccc(C2=NC(c3ccccc3)NC(c3cccc(-c4cc5ccccc5c5oc6cc(N(c7ccccc7)c7ccccc7)ccc6c45)c3)=N2)cc1. The molecule has 5 heteroatoms. The molecule has 5 nitrogen and oxygen atoms in total. The number of anilines is 3. The number of para-hydroxylation sites is 2. The summed E-state index contributed by atoms with van der Waals surface area (Å²) in [4.78, 5) is 12.4. The first-order valence-corrected chi connectivity index (χ1v) is 18.2. The zero-order valence-corrected chi connectivity index (χ0v) is 29.3. The van der Waals surface area contributed by atoms with Gasteiger partial charge in [0.25, 0.3) is 0 Å². The number of rotatable bonds is 7. The van der Waals surface area contributed by atoms with Crippen LogP contribution < -0.4 is 10.2 Å². The van der Waals surface area contributed by atoms with Crippen molar-refractivity contribution < 1.29 is 4.42 Å². The number of amidine groups is 2. The lowest BCUT2D eigenvalue weighted by atomic mass is 9.94. The van der Waals surface area contributed by atoms with E-state index in [1.165, 1.54) is 0 Å². The maximum Gasteiger partial charge on any atom is 0.159 e. The summed E-state index contributed by atoms with van der Waals surface area (Å²) in [6.07, 6.45) is -0.275. The molecule has 1 aromatic heterocycles. The molecule has 1 unspecified atom stereocenters. The van der Waals surface area contributed by atoms with Gasteiger partial charge in [-0.25, -0.2) is 9.98 Å². The highest BCUT2D eigenvalue weighted by molar-refractivity contribution is 6.22. The second-order valence-electron chi connectivity index (χ2n) is 13.5. The predicted molar refractivity (Wildman–Crippen MR) is 223 cm³/mol. The Morgan fingerprint density at radius 2 is 1.13 bits per heavy atom. The Kier molecular flexibility index (Phi) is 7.81. The maximum atomic E-state index is 6.88. The minimum atomic E-state index is -0.275. The number of fused-ring (bicyclic) bond motifs is 5. The fourth-order valence-electron chi connectivity index (χ4n) is 7.52. The van der Waals surface area contributed by atoms with Crippen molar-refractivity contribution in [3.05, 3.63) is 211 Å². The molecule has 1 atom stereocenters. The summed E-state index contributed by atoms with van der Waals surface area (Å²) < 4.78 is 6.88. The number of aliphatic imine (C=N–C) groups is 2. The number of furan rings is 1. The molecule has 10 rings (SSSR count). The lowest BCUT2D eigenvalue weighted by Gasteiger charge is -2.25. The van der Waals surface area contributed by atoms with Gasteiger partial charge < -0.3 is 14.6 Å². The van der Waals surface area contributed by atoms with E-state index in [4.69, 9.17) is 14.4 Å². The highest BCUT2D eigenvalue weighted by Gasteiger charge is 2.23. The van der Waals surface area contributed by atoms with Gasteiger partial charge in [0.05, 0.1) is 0 Å². The van der Waals surface area contributed by atoms with Crippen molar-refractivity contribution in [2.45, 2.75) is 6.17 Å². The molecule has 0 bridgehead atoms. The van der Waals surface area contributed by atoms with Gasteiger partial charge in [0.2, 0.25) is 0 Å². The Hall–Kier alpha value is -7.24. The number of hydrogen-bond acceptors (Lipinski definition) is 5. The number of benzene rings is 8. The van der Waals surface area contributed by atoms with Crippen molar-refractivity contribution >= 4 is 61.4 Å². The van der Waals surface area contributed by atoms with Gasteiger partial charge in [-0.3, -0.25) is 0 Å². The lowest BCUT2D eigenvalue weighted by molar-refractivity contribution is 0.673. The minimum Gasteiger partial charge on any atom is -0.455 e. The van der Waals surface area contributed by atoms with Crippen LogP contribution in [0.1, 0.15) is 22.9 Å². The van der Waals surface area contributed by atoms with Gasteiger partial charge in [0.1, 0.15) is 23.2 Å². The van der Waals surface area contributed by atoms with Gasteiger partial charge in [0, 0.05) is 50.4 Å². The number of nitrogens with zero attached hydrogens (tertiary/aromatic N) is 3. The average Bonchev–Trinajstić information content (AvgIpc) is 3.64. The smallest absolute Gasteiger partial charge is 0.159 e. The van der Waals surface area contributed by atoms with E-state index in [2.05, 4.69) is 156 Å². The van der Waals surface area contributed by atoms with Crippen molar-refractivity contribution in [1.82, 2.24) is 5.32 Å². The monoisotopic (exact) mass is 694 g/mol. The number of nitrogens with one attached hydrogen (secondary N) is 1. The van der Waals surface area contributed by atoms with Crippen molar-refractivity contribution in [2.24, 2.45) is 9.98 Å². The average molecular weight is 695 g/mol. The predicted octanol–water partition coefficient (Wildman–Crippen LogP) is 12.4. The first kappa shape index (κ1) is 31.5. The molecule has 1 aliphatic heterocycles. The molecule has 0 radical (unpaired) electrons. The maximum absolute atomic E-state index is 6.88. The van der Waals surface area contributed by atoms with Crippen LogP contribution in [-0.4, -0.2) is 11.7 Å². The third-order valence-electron chi connectivity index (χ3n) is 10.1. The van der Waals surface area contributed by atoms with Crippen LogP contribution >= 0.6 is 0 Å². The summed E-state index contributed by atoms with van der Waals surface area (Å²) >= 11 is 0. The van der Waals surface area contributed by atoms with E-state index in [0.29, 0.717) is 5.84 Å². The van der Waals surface area contributed by atoms with Crippen molar-refractivity contribution in [1.29, 1.82) is 0 Å². The molecule has 0 fully saturated rings. The van der Waals surface area contributed by atoms with Crippen LogP contribution in [0.15, 0.2) is 209 Å².